The number of pyridine rings is 1. The summed E-state index contributed by atoms with van der Waals surface area (Å²) in [6.45, 7) is 0. The zero-order chi connectivity index (χ0) is 20.5. The van der Waals surface area contributed by atoms with Gasteiger partial charge in [0.25, 0.3) is 0 Å². The zero-order valence-electron chi connectivity index (χ0n) is 17.3. The molecule has 30 heavy (non-hydrogen) atoms. The summed E-state index contributed by atoms with van der Waals surface area (Å²) >= 11 is 1.83. The van der Waals surface area contributed by atoms with Gasteiger partial charge >= 0.3 is 0 Å². The molecule has 0 atom stereocenters. The maximum absolute atomic E-state index is 12.7. The maximum atomic E-state index is 12.7. The fourth-order valence-electron chi connectivity index (χ4n) is 4.82. The molecule has 1 fully saturated rings. The summed E-state index contributed by atoms with van der Waals surface area (Å²) in [6, 6.07) is 6.42. The second kappa shape index (κ2) is 8.30. The van der Waals surface area contributed by atoms with E-state index >= 15 is 0 Å². The van der Waals surface area contributed by atoms with Crippen molar-refractivity contribution >= 4 is 33.3 Å². The number of nitrogens with zero attached hydrogens (tertiary/aromatic N) is 4. The molecule has 0 aromatic carbocycles. The summed E-state index contributed by atoms with van der Waals surface area (Å²) in [5.74, 6) is 1.15. The van der Waals surface area contributed by atoms with Crippen molar-refractivity contribution in [1.82, 2.24) is 19.9 Å². The molecular formula is C23H27N5OS. The third-order valence-corrected chi connectivity index (χ3v) is 7.74. The standard InChI is InChI=1S/C23H27N5OS/c1-28(20(29)13-16-5-2-3-12-24-16)17-10-8-15(9-11-17)27-22-21-18-6-4-7-19(18)30-23(21)26-14-25-22/h2-3,5,12,14-15,17H,4,6-11,13H2,1H3,(H,25,26,27)/t15-,17-. The third kappa shape index (κ3) is 3.78. The van der Waals surface area contributed by atoms with Crippen molar-refractivity contribution in [2.75, 3.05) is 12.4 Å². The predicted molar refractivity (Wildman–Crippen MR) is 120 cm³/mol. The minimum atomic E-state index is 0.149. The Morgan fingerprint density at radius 3 is 2.83 bits per heavy atom. The molecule has 0 unspecified atom stereocenters. The fraction of sp³-hybridized carbons (Fsp3) is 0.478. The lowest BCUT2D eigenvalue weighted by molar-refractivity contribution is -0.131. The van der Waals surface area contributed by atoms with Crippen molar-refractivity contribution in [3.8, 4) is 0 Å². The molecule has 0 aliphatic heterocycles. The van der Waals surface area contributed by atoms with E-state index in [1.807, 2.05) is 41.5 Å². The van der Waals surface area contributed by atoms with Gasteiger partial charge in [-0.05, 0) is 62.6 Å². The van der Waals surface area contributed by atoms with Crippen LogP contribution in [-0.2, 0) is 24.1 Å². The molecule has 6 nitrogen and oxygen atoms in total. The molecule has 0 spiro atoms. The SMILES string of the molecule is CN(C(=O)Cc1ccccn1)[C@H]1CC[C@H](Nc2ncnc3sc4c(c23)CCC4)CC1. The number of rotatable bonds is 5. The van der Waals surface area contributed by atoms with Crippen LogP contribution in [0.2, 0.25) is 0 Å². The van der Waals surface area contributed by atoms with Crippen molar-refractivity contribution in [1.29, 1.82) is 0 Å². The molecule has 1 amide bonds. The molecule has 156 valence electrons. The first-order valence-corrected chi connectivity index (χ1v) is 11.7. The minimum Gasteiger partial charge on any atom is -0.367 e. The Balaban J connectivity index is 1.21. The molecule has 5 rings (SSSR count). The van der Waals surface area contributed by atoms with Gasteiger partial charge in [-0.3, -0.25) is 9.78 Å². The van der Waals surface area contributed by atoms with Crippen molar-refractivity contribution in [2.24, 2.45) is 0 Å². The molecule has 1 N–H and O–H groups in total. The zero-order valence-corrected chi connectivity index (χ0v) is 18.1. The van der Waals surface area contributed by atoms with Crippen LogP contribution in [0.1, 0.15) is 48.2 Å². The van der Waals surface area contributed by atoms with Crippen molar-refractivity contribution in [3.63, 3.8) is 0 Å². The number of thiophene rings is 1. The second-order valence-corrected chi connectivity index (χ2v) is 9.50. The highest BCUT2D eigenvalue weighted by atomic mass is 32.1. The summed E-state index contributed by atoms with van der Waals surface area (Å²) in [6.07, 6.45) is 11.5. The number of carbonyl (C=O) groups is 1. The Labute approximate surface area is 180 Å². The molecule has 3 aromatic rings. The summed E-state index contributed by atoms with van der Waals surface area (Å²) in [7, 11) is 1.94. The van der Waals surface area contributed by atoms with Gasteiger partial charge in [-0.2, -0.15) is 0 Å². The molecule has 7 heteroatoms. The third-order valence-electron chi connectivity index (χ3n) is 6.54. The lowest BCUT2D eigenvalue weighted by atomic mass is 9.90. The van der Waals surface area contributed by atoms with Crippen LogP contribution in [0.25, 0.3) is 10.2 Å². The Bertz CT molecular complexity index is 1040. The molecule has 1 saturated carbocycles. The van der Waals surface area contributed by atoms with Gasteiger partial charge in [0.05, 0.1) is 11.8 Å². The van der Waals surface area contributed by atoms with Crippen LogP contribution in [0.15, 0.2) is 30.7 Å². The summed E-state index contributed by atoms with van der Waals surface area (Å²) in [4.78, 5) is 30.6. The van der Waals surface area contributed by atoms with E-state index in [4.69, 9.17) is 0 Å². The molecule has 0 saturated heterocycles. The first-order valence-electron chi connectivity index (χ1n) is 10.9. The monoisotopic (exact) mass is 421 g/mol. The van der Waals surface area contributed by atoms with E-state index in [-0.39, 0.29) is 5.91 Å². The lowest BCUT2D eigenvalue weighted by Crippen LogP contribution is -2.42. The Morgan fingerprint density at radius 1 is 1.17 bits per heavy atom. The van der Waals surface area contributed by atoms with Gasteiger partial charge in [-0.15, -0.1) is 11.3 Å². The molecule has 2 aliphatic carbocycles. The average molecular weight is 422 g/mol. The lowest BCUT2D eigenvalue weighted by Gasteiger charge is -2.35. The van der Waals surface area contributed by atoms with Gasteiger partial charge in [0.15, 0.2) is 0 Å². The Morgan fingerprint density at radius 2 is 2.03 bits per heavy atom. The average Bonchev–Trinajstić information content (AvgIpc) is 3.36. The van der Waals surface area contributed by atoms with Crippen LogP contribution in [-0.4, -0.2) is 44.9 Å². The smallest absolute Gasteiger partial charge is 0.228 e. The van der Waals surface area contributed by atoms with E-state index in [0.717, 1.165) is 48.4 Å². The number of fused-ring (bicyclic) bond motifs is 3. The molecular weight excluding hydrogens is 394 g/mol. The van der Waals surface area contributed by atoms with E-state index in [1.165, 1.54) is 28.7 Å². The molecule has 3 heterocycles. The Kier molecular flexibility index (Phi) is 5.37. The summed E-state index contributed by atoms with van der Waals surface area (Å²) in [5, 5.41) is 4.96. The summed E-state index contributed by atoms with van der Waals surface area (Å²) < 4.78 is 0. The highest BCUT2D eigenvalue weighted by molar-refractivity contribution is 7.19. The van der Waals surface area contributed by atoms with Crippen LogP contribution in [0.4, 0.5) is 5.82 Å². The molecule has 2 aliphatic rings. The largest absolute Gasteiger partial charge is 0.367 e. The quantitative estimate of drug-likeness (QED) is 0.674. The summed E-state index contributed by atoms with van der Waals surface area (Å²) in [5.41, 5.74) is 2.30. The van der Waals surface area contributed by atoms with E-state index < -0.39 is 0 Å². The number of hydrogen-bond donors (Lipinski definition) is 1. The number of aryl methyl sites for hydroxylation is 2. The van der Waals surface area contributed by atoms with Crippen LogP contribution in [0, 0.1) is 0 Å². The minimum absolute atomic E-state index is 0.149. The van der Waals surface area contributed by atoms with Gasteiger partial charge < -0.3 is 10.2 Å². The second-order valence-electron chi connectivity index (χ2n) is 8.41. The Hall–Kier alpha value is -2.54. The molecule has 0 radical (unpaired) electrons. The number of anilines is 1. The van der Waals surface area contributed by atoms with Crippen LogP contribution in [0.5, 0.6) is 0 Å². The normalized spacial score (nSPS) is 20.8. The number of hydrogen-bond acceptors (Lipinski definition) is 6. The highest BCUT2D eigenvalue weighted by Gasteiger charge is 2.28. The van der Waals surface area contributed by atoms with Crippen LogP contribution >= 0.6 is 11.3 Å². The van der Waals surface area contributed by atoms with Gasteiger partial charge in [0.1, 0.15) is 17.0 Å². The highest BCUT2D eigenvalue weighted by Crippen LogP contribution is 2.39. The molecule has 3 aromatic heterocycles. The van der Waals surface area contributed by atoms with Crippen molar-refractivity contribution < 1.29 is 4.79 Å². The predicted octanol–water partition coefficient (Wildman–Crippen LogP) is 4.00. The number of carbonyl (C=O) groups excluding carboxylic acids is 1. The number of likely N-dealkylation sites (N-methyl/N-ethyl adjacent to an activating group) is 1. The number of aromatic nitrogens is 3. The van der Waals surface area contributed by atoms with E-state index in [9.17, 15) is 4.79 Å². The van der Waals surface area contributed by atoms with Gasteiger partial charge in [0.2, 0.25) is 5.91 Å². The molecule has 0 bridgehead atoms. The topological polar surface area (TPSA) is 71.0 Å². The van der Waals surface area contributed by atoms with Crippen LogP contribution in [0.3, 0.4) is 0 Å². The van der Waals surface area contributed by atoms with Crippen LogP contribution < -0.4 is 5.32 Å². The maximum Gasteiger partial charge on any atom is 0.228 e. The van der Waals surface area contributed by atoms with Gasteiger partial charge in [0, 0.05) is 35.9 Å². The van der Waals surface area contributed by atoms with E-state index in [1.54, 1.807) is 12.5 Å². The fourth-order valence-corrected chi connectivity index (χ4v) is 6.05. The number of amides is 1. The van der Waals surface area contributed by atoms with Gasteiger partial charge in [-0.1, -0.05) is 6.07 Å². The first-order chi connectivity index (χ1) is 14.7. The number of nitrogens with one attached hydrogen (secondary N) is 1. The van der Waals surface area contributed by atoms with Crippen molar-refractivity contribution in [2.45, 2.75) is 63.5 Å². The van der Waals surface area contributed by atoms with Crippen molar-refractivity contribution in [3.05, 3.63) is 46.9 Å². The first kappa shape index (κ1) is 19.4. The van der Waals surface area contributed by atoms with Gasteiger partial charge in [-0.25, -0.2) is 9.97 Å². The van der Waals surface area contributed by atoms with E-state index in [2.05, 4.69) is 20.3 Å². The van der Waals surface area contributed by atoms with E-state index in [0.29, 0.717) is 18.5 Å².